The Labute approximate surface area is 234 Å². The standard InChI is InChI=1S/C33H50O6/c1-3-20(33(35)36-17-25-5-4-6-29(37-25)38-27-13-19-7-8-21(27)12-19)11-18(2)32(34)39-28-16-24-15-26(28)31-23-10-9-22(14-23)30(24)31/h18-31H,3-17H2,1-2H3. The molecule has 0 spiro atoms. The first-order valence-corrected chi connectivity index (χ1v) is 16.6. The van der Waals surface area contributed by atoms with Crippen LogP contribution in [-0.2, 0) is 28.5 Å². The number of hydrogen-bond acceptors (Lipinski definition) is 6. The minimum atomic E-state index is -0.289. The minimum absolute atomic E-state index is 0.0985. The maximum atomic E-state index is 13.1. The minimum Gasteiger partial charge on any atom is -0.463 e. The van der Waals surface area contributed by atoms with Crippen molar-refractivity contribution in [3.8, 4) is 0 Å². The quantitative estimate of drug-likeness (QED) is 0.238. The van der Waals surface area contributed by atoms with Crippen LogP contribution in [0.5, 0.6) is 0 Å². The molecule has 6 saturated carbocycles. The molecule has 7 fully saturated rings. The second-order valence-corrected chi connectivity index (χ2v) is 14.7. The van der Waals surface area contributed by atoms with Crippen LogP contribution >= 0.6 is 0 Å². The zero-order valence-electron chi connectivity index (χ0n) is 24.1. The summed E-state index contributed by atoms with van der Waals surface area (Å²) in [6.45, 7) is 4.21. The van der Waals surface area contributed by atoms with E-state index < -0.39 is 0 Å². The topological polar surface area (TPSA) is 71.1 Å². The number of hydrogen-bond donors (Lipinski definition) is 0. The second-order valence-electron chi connectivity index (χ2n) is 14.7. The van der Waals surface area contributed by atoms with E-state index in [1.54, 1.807) is 0 Å². The summed E-state index contributed by atoms with van der Waals surface area (Å²) in [5, 5.41) is 0. The van der Waals surface area contributed by atoms with Gasteiger partial charge in [-0.25, -0.2) is 0 Å². The maximum Gasteiger partial charge on any atom is 0.309 e. The first-order chi connectivity index (χ1) is 19.0. The fourth-order valence-electron chi connectivity index (χ4n) is 10.8. The van der Waals surface area contributed by atoms with E-state index in [0.29, 0.717) is 30.8 Å². The van der Waals surface area contributed by atoms with E-state index in [1.165, 1.54) is 51.4 Å². The number of ether oxygens (including phenoxy) is 4. The Bertz CT molecular complexity index is 920. The Morgan fingerprint density at radius 1 is 0.821 bits per heavy atom. The summed E-state index contributed by atoms with van der Waals surface area (Å²) in [6, 6.07) is 0. The van der Waals surface area contributed by atoms with Crippen LogP contribution in [-0.4, -0.2) is 43.1 Å². The van der Waals surface area contributed by atoms with Crippen molar-refractivity contribution >= 4 is 11.9 Å². The van der Waals surface area contributed by atoms with Gasteiger partial charge in [0.15, 0.2) is 6.29 Å². The summed E-state index contributed by atoms with van der Waals surface area (Å²) < 4.78 is 24.5. The van der Waals surface area contributed by atoms with E-state index in [0.717, 1.165) is 61.2 Å². The van der Waals surface area contributed by atoms with Crippen molar-refractivity contribution in [2.45, 2.75) is 128 Å². The number of carbonyl (C=O) groups is 2. The number of rotatable bonds is 10. The monoisotopic (exact) mass is 542 g/mol. The molecule has 14 unspecified atom stereocenters. The SMILES string of the molecule is CCC(CC(C)C(=O)OC1CC2CC1C1C3CCC(C3)C21)C(=O)OCC1CCCC(OC2CC3CCC2C3)O1. The predicted octanol–water partition coefficient (Wildman–Crippen LogP) is 6.30. The highest BCUT2D eigenvalue weighted by atomic mass is 16.7. The fourth-order valence-corrected chi connectivity index (χ4v) is 10.8. The Kier molecular flexibility index (Phi) is 7.49. The summed E-state index contributed by atoms with van der Waals surface area (Å²) in [5.74, 6) is 5.63. The summed E-state index contributed by atoms with van der Waals surface area (Å²) in [7, 11) is 0. The zero-order valence-corrected chi connectivity index (χ0v) is 24.1. The third kappa shape index (κ3) is 5.08. The molecule has 0 radical (unpaired) electrons. The molecule has 1 saturated heterocycles. The number of esters is 2. The van der Waals surface area contributed by atoms with E-state index in [4.69, 9.17) is 18.9 Å². The largest absolute Gasteiger partial charge is 0.463 e. The molecular formula is C33H50O6. The van der Waals surface area contributed by atoms with Crippen LogP contribution in [0.1, 0.15) is 104 Å². The van der Waals surface area contributed by atoms with Crippen LogP contribution in [0.25, 0.3) is 0 Å². The van der Waals surface area contributed by atoms with Gasteiger partial charge in [-0.2, -0.15) is 0 Å². The van der Waals surface area contributed by atoms with Crippen molar-refractivity contribution in [1.82, 2.24) is 0 Å². The first-order valence-electron chi connectivity index (χ1n) is 16.6. The molecule has 0 N–H and O–H groups in total. The molecule has 7 rings (SSSR count). The first kappa shape index (κ1) is 26.7. The molecular weight excluding hydrogens is 492 g/mol. The molecule has 6 bridgehead atoms. The van der Waals surface area contributed by atoms with Crippen LogP contribution in [0.3, 0.4) is 0 Å². The summed E-state index contributed by atoms with van der Waals surface area (Å²) >= 11 is 0. The van der Waals surface area contributed by atoms with E-state index in [-0.39, 0.29) is 48.9 Å². The lowest BCUT2D eigenvalue weighted by molar-refractivity contribution is -0.230. The molecule has 218 valence electrons. The van der Waals surface area contributed by atoms with E-state index >= 15 is 0 Å². The van der Waals surface area contributed by atoms with Crippen LogP contribution in [0.2, 0.25) is 0 Å². The molecule has 39 heavy (non-hydrogen) atoms. The van der Waals surface area contributed by atoms with Crippen molar-refractivity contribution < 1.29 is 28.5 Å². The normalized spacial score (nSPS) is 46.8. The van der Waals surface area contributed by atoms with Gasteiger partial charge in [0.2, 0.25) is 0 Å². The third-order valence-electron chi connectivity index (χ3n) is 12.5. The van der Waals surface area contributed by atoms with E-state index in [9.17, 15) is 9.59 Å². The van der Waals surface area contributed by atoms with Crippen LogP contribution in [0.15, 0.2) is 0 Å². The lowest BCUT2D eigenvalue weighted by atomic mass is 9.70. The Balaban J connectivity index is 0.850. The van der Waals surface area contributed by atoms with Gasteiger partial charge < -0.3 is 18.9 Å². The number of fused-ring (bicyclic) bond motifs is 11. The number of carbonyl (C=O) groups excluding carboxylic acids is 2. The van der Waals surface area contributed by atoms with Gasteiger partial charge in [0.25, 0.3) is 0 Å². The highest BCUT2D eigenvalue weighted by molar-refractivity contribution is 5.76. The van der Waals surface area contributed by atoms with Crippen LogP contribution < -0.4 is 0 Å². The van der Waals surface area contributed by atoms with Gasteiger partial charge in [-0.15, -0.1) is 0 Å². The molecule has 1 heterocycles. The van der Waals surface area contributed by atoms with Crippen molar-refractivity contribution in [3.63, 3.8) is 0 Å². The van der Waals surface area contributed by atoms with Crippen molar-refractivity contribution in [2.75, 3.05) is 6.61 Å². The van der Waals surface area contributed by atoms with Gasteiger partial charge in [-0.1, -0.05) is 13.8 Å². The third-order valence-corrected chi connectivity index (χ3v) is 12.5. The molecule has 0 aromatic heterocycles. The smallest absolute Gasteiger partial charge is 0.309 e. The summed E-state index contributed by atoms with van der Waals surface area (Å²) in [6.07, 6.45) is 16.0. The second kappa shape index (κ2) is 10.9. The molecule has 14 atom stereocenters. The highest BCUT2D eigenvalue weighted by Gasteiger charge is 2.63. The highest BCUT2D eigenvalue weighted by Crippen LogP contribution is 2.67. The maximum absolute atomic E-state index is 13.1. The van der Waals surface area contributed by atoms with Crippen molar-refractivity contribution in [3.05, 3.63) is 0 Å². The zero-order chi connectivity index (χ0) is 26.7. The molecule has 6 nitrogen and oxygen atoms in total. The lowest BCUT2D eigenvalue weighted by Gasteiger charge is -2.38. The van der Waals surface area contributed by atoms with Gasteiger partial charge in [-0.05, 0) is 137 Å². The summed E-state index contributed by atoms with van der Waals surface area (Å²) in [4.78, 5) is 26.1. The van der Waals surface area contributed by atoms with Crippen molar-refractivity contribution in [2.24, 2.45) is 59.2 Å². The fraction of sp³-hybridized carbons (Fsp3) is 0.939. The molecule has 6 heteroatoms. The van der Waals surface area contributed by atoms with Crippen LogP contribution in [0.4, 0.5) is 0 Å². The van der Waals surface area contributed by atoms with Crippen molar-refractivity contribution in [1.29, 1.82) is 0 Å². The lowest BCUT2D eigenvalue weighted by Crippen LogP contribution is -2.38. The Morgan fingerprint density at radius 3 is 2.41 bits per heavy atom. The van der Waals surface area contributed by atoms with E-state index in [1.807, 2.05) is 13.8 Å². The Morgan fingerprint density at radius 2 is 1.64 bits per heavy atom. The molecule has 7 aliphatic rings. The summed E-state index contributed by atoms with van der Waals surface area (Å²) in [5.41, 5.74) is 0. The van der Waals surface area contributed by atoms with Gasteiger partial charge in [0.05, 0.1) is 24.0 Å². The van der Waals surface area contributed by atoms with E-state index in [2.05, 4.69) is 0 Å². The van der Waals surface area contributed by atoms with Gasteiger partial charge in [0.1, 0.15) is 12.7 Å². The van der Waals surface area contributed by atoms with Crippen LogP contribution in [0, 0.1) is 59.2 Å². The molecule has 0 aromatic rings. The van der Waals surface area contributed by atoms with Gasteiger partial charge >= 0.3 is 11.9 Å². The predicted molar refractivity (Wildman–Crippen MR) is 145 cm³/mol. The average molecular weight is 543 g/mol. The molecule has 6 aliphatic carbocycles. The molecule has 1 aliphatic heterocycles. The van der Waals surface area contributed by atoms with Gasteiger partial charge in [0, 0.05) is 0 Å². The Hall–Kier alpha value is -1.14. The van der Waals surface area contributed by atoms with Gasteiger partial charge in [-0.3, -0.25) is 9.59 Å². The molecule has 0 amide bonds. The average Bonchev–Trinajstić information content (AvgIpc) is 3.78. The molecule has 0 aromatic carbocycles.